The number of ether oxygens (including phenoxy) is 3. The fraction of sp³-hybridized carbons (Fsp3) is 0.435. The third kappa shape index (κ3) is 5.73. The van der Waals surface area contributed by atoms with E-state index in [0.717, 1.165) is 5.56 Å². The maximum absolute atomic E-state index is 12.8. The van der Waals surface area contributed by atoms with Gasteiger partial charge in [-0.3, -0.25) is 14.7 Å². The van der Waals surface area contributed by atoms with Crippen LogP contribution in [0, 0.1) is 0 Å². The van der Waals surface area contributed by atoms with Crippen molar-refractivity contribution >= 4 is 12.0 Å². The van der Waals surface area contributed by atoms with E-state index in [1.807, 2.05) is 58.9 Å². The summed E-state index contributed by atoms with van der Waals surface area (Å²) in [7, 11) is 0. The van der Waals surface area contributed by atoms with E-state index >= 15 is 0 Å². The summed E-state index contributed by atoms with van der Waals surface area (Å²) in [5.74, 6) is 0.466. The summed E-state index contributed by atoms with van der Waals surface area (Å²) in [6.45, 7) is 9.69. The smallest absolute Gasteiger partial charge is 0.412 e. The minimum atomic E-state index is -0.741. The first-order valence-electron chi connectivity index (χ1n) is 10.1. The minimum Gasteiger partial charge on any atom is -0.457 e. The van der Waals surface area contributed by atoms with Crippen LogP contribution in [-0.2, 0) is 15.9 Å². The maximum atomic E-state index is 12.8. The molecule has 2 heterocycles. The highest BCUT2D eigenvalue weighted by Crippen LogP contribution is 2.31. The van der Waals surface area contributed by atoms with Crippen LogP contribution in [0.15, 0.2) is 42.6 Å². The first-order valence-corrected chi connectivity index (χ1v) is 10.1. The Morgan fingerprint density at radius 1 is 1.19 bits per heavy atom. The van der Waals surface area contributed by atoms with Crippen LogP contribution in [0.25, 0.3) is 0 Å². The monoisotopic (exact) mass is 427 g/mol. The molecule has 1 aromatic heterocycles. The average Bonchev–Trinajstić information content (AvgIpc) is 2.96. The zero-order chi connectivity index (χ0) is 22.8. The van der Waals surface area contributed by atoms with Crippen LogP contribution < -0.4 is 10.5 Å². The predicted molar refractivity (Wildman–Crippen MR) is 115 cm³/mol. The Morgan fingerprint density at radius 2 is 1.87 bits per heavy atom. The number of amides is 2. The number of nitrogens with zero attached hydrogens (tertiary/aromatic N) is 2. The van der Waals surface area contributed by atoms with Crippen LogP contribution in [0.1, 0.15) is 50.7 Å². The molecule has 0 spiro atoms. The number of rotatable bonds is 5. The van der Waals surface area contributed by atoms with E-state index in [2.05, 4.69) is 4.98 Å². The van der Waals surface area contributed by atoms with Crippen LogP contribution in [0.4, 0.5) is 4.79 Å². The Bertz CT molecular complexity index is 950. The fourth-order valence-corrected chi connectivity index (χ4v) is 3.43. The largest absolute Gasteiger partial charge is 0.457 e. The van der Waals surface area contributed by atoms with Gasteiger partial charge >= 0.3 is 6.09 Å². The van der Waals surface area contributed by atoms with Gasteiger partial charge in [-0.05, 0) is 64.8 Å². The minimum absolute atomic E-state index is 0.139. The molecule has 3 rings (SSSR count). The maximum Gasteiger partial charge on any atom is 0.412 e. The van der Waals surface area contributed by atoms with Crippen molar-refractivity contribution in [1.82, 2.24) is 9.88 Å². The normalized spacial score (nSPS) is 18.0. The topological polar surface area (TPSA) is 104 Å². The number of hydrogen-bond acceptors (Lipinski definition) is 6. The molecule has 2 amide bonds. The lowest BCUT2D eigenvalue weighted by molar-refractivity contribution is -0.0624. The van der Waals surface area contributed by atoms with E-state index in [1.165, 1.54) is 12.3 Å². The molecule has 8 heteroatoms. The number of primary amides is 1. The molecule has 1 aromatic carbocycles. The first kappa shape index (κ1) is 22.6. The quantitative estimate of drug-likeness (QED) is 0.776. The highest BCUT2D eigenvalue weighted by Gasteiger charge is 2.45. The van der Waals surface area contributed by atoms with Gasteiger partial charge in [-0.15, -0.1) is 0 Å². The van der Waals surface area contributed by atoms with Crippen molar-refractivity contribution in [1.29, 1.82) is 0 Å². The molecule has 1 fully saturated rings. The molecule has 2 aromatic rings. The van der Waals surface area contributed by atoms with Gasteiger partial charge in [0.25, 0.3) is 5.91 Å². The standard InChI is InChI=1S/C23H29N3O5/c1-22(2,3)31-21(28)26-16(14-29-23(26,4)5)12-15-6-8-17(9-7-15)30-18-10-11-25-19(13-18)20(24)27/h6-11,13,16H,12,14H2,1-5H3,(H2,24,27)/t16-/m0/s1. The van der Waals surface area contributed by atoms with Crippen LogP contribution in [0.2, 0.25) is 0 Å². The molecule has 1 atom stereocenters. The first-order chi connectivity index (χ1) is 14.4. The fourth-order valence-electron chi connectivity index (χ4n) is 3.43. The van der Waals surface area contributed by atoms with Crippen molar-refractivity contribution in [3.8, 4) is 11.5 Å². The second-order valence-electron chi connectivity index (χ2n) is 8.95. The number of pyridine rings is 1. The summed E-state index contributed by atoms with van der Waals surface area (Å²) in [6, 6.07) is 10.5. The lowest BCUT2D eigenvalue weighted by atomic mass is 10.0. The summed E-state index contributed by atoms with van der Waals surface area (Å²) in [6.07, 6.45) is 1.70. The summed E-state index contributed by atoms with van der Waals surface area (Å²) < 4.78 is 17.2. The zero-order valence-electron chi connectivity index (χ0n) is 18.5. The highest BCUT2D eigenvalue weighted by atomic mass is 16.6. The molecule has 31 heavy (non-hydrogen) atoms. The lowest BCUT2D eigenvalue weighted by Crippen LogP contribution is -2.50. The van der Waals surface area contributed by atoms with E-state index < -0.39 is 17.2 Å². The van der Waals surface area contributed by atoms with Crippen LogP contribution in [0.3, 0.4) is 0 Å². The van der Waals surface area contributed by atoms with E-state index in [1.54, 1.807) is 11.0 Å². The molecule has 1 saturated heterocycles. The molecule has 8 nitrogen and oxygen atoms in total. The second kappa shape index (κ2) is 8.55. The molecule has 2 N–H and O–H groups in total. The van der Waals surface area contributed by atoms with Crippen molar-refractivity contribution in [2.45, 2.75) is 58.4 Å². The summed E-state index contributed by atoms with van der Waals surface area (Å²) in [5.41, 5.74) is 5.10. The predicted octanol–water partition coefficient (Wildman–Crippen LogP) is 3.89. The highest BCUT2D eigenvalue weighted by molar-refractivity contribution is 5.91. The summed E-state index contributed by atoms with van der Waals surface area (Å²) in [4.78, 5) is 29.6. The van der Waals surface area contributed by atoms with E-state index in [0.29, 0.717) is 24.5 Å². The second-order valence-corrected chi connectivity index (χ2v) is 8.95. The van der Waals surface area contributed by atoms with Gasteiger partial charge in [-0.25, -0.2) is 4.79 Å². The molecule has 0 unspecified atom stereocenters. The molecule has 166 valence electrons. The molecule has 0 aliphatic carbocycles. The third-order valence-electron chi connectivity index (χ3n) is 4.78. The summed E-state index contributed by atoms with van der Waals surface area (Å²) >= 11 is 0. The molecule has 0 bridgehead atoms. The number of carbonyl (C=O) groups is 2. The Hall–Kier alpha value is -3.13. The van der Waals surface area contributed by atoms with E-state index in [9.17, 15) is 9.59 Å². The van der Waals surface area contributed by atoms with E-state index in [-0.39, 0.29) is 17.8 Å². The SMILES string of the molecule is CC(C)(C)OC(=O)N1[C@@H](Cc2ccc(Oc3ccnc(C(N)=O)c3)cc2)COC1(C)C. The molecule has 1 aliphatic rings. The van der Waals surface area contributed by atoms with Crippen LogP contribution >= 0.6 is 0 Å². The van der Waals surface area contributed by atoms with Gasteiger partial charge in [0.05, 0.1) is 12.6 Å². The van der Waals surface area contributed by atoms with Gasteiger partial charge in [0.1, 0.15) is 28.5 Å². The zero-order valence-corrected chi connectivity index (χ0v) is 18.5. The molecule has 0 saturated carbocycles. The van der Waals surface area contributed by atoms with Gasteiger partial charge in [0, 0.05) is 12.3 Å². The van der Waals surface area contributed by atoms with Crippen LogP contribution in [0.5, 0.6) is 11.5 Å². The third-order valence-corrected chi connectivity index (χ3v) is 4.78. The van der Waals surface area contributed by atoms with Crippen molar-refractivity contribution in [2.24, 2.45) is 5.73 Å². The lowest BCUT2D eigenvalue weighted by Gasteiger charge is -2.35. The van der Waals surface area contributed by atoms with Gasteiger partial charge in [0.15, 0.2) is 0 Å². The number of nitrogens with two attached hydrogens (primary N) is 1. The Kier molecular flexibility index (Phi) is 6.22. The Labute approximate surface area is 182 Å². The average molecular weight is 428 g/mol. The van der Waals surface area contributed by atoms with E-state index in [4.69, 9.17) is 19.9 Å². The number of benzene rings is 1. The number of carbonyl (C=O) groups excluding carboxylic acids is 2. The summed E-state index contributed by atoms with van der Waals surface area (Å²) in [5, 5.41) is 0. The Morgan fingerprint density at radius 3 is 2.48 bits per heavy atom. The molecule has 1 aliphatic heterocycles. The van der Waals surface area contributed by atoms with Gasteiger partial charge in [0.2, 0.25) is 0 Å². The molecule has 0 radical (unpaired) electrons. The van der Waals surface area contributed by atoms with Crippen molar-refractivity contribution in [3.05, 3.63) is 53.9 Å². The van der Waals surface area contributed by atoms with Crippen molar-refractivity contribution in [2.75, 3.05) is 6.61 Å². The van der Waals surface area contributed by atoms with Crippen LogP contribution in [-0.4, -0.2) is 45.9 Å². The Balaban J connectivity index is 1.69. The van der Waals surface area contributed by atoms with Crippen molar-refractivity contribution in [3.63, 3.8) is 0 Å². The number of aromatic nitrogens is 1. The molecular formula is C23H29N3O5. The van der Waals surface area contributed by atoms with Gasteiger partial charge < -0.3 is 19.9 Å². The van der Waals surface area contributed by atoms with Crippen molar-refractivity contribution < 1.29 is 23.8 Å². The molecular weight excluding hydrogens is 398 g/mol. The van der Waals surface area contributed by atoms with Gasteiger partial charge in [-0.1, -0.05) is 12.1 Å². The van der Waals surface area contributed by atoms with Gasteiger partial charge in [-0.2, -0.15) is 0 Å². The number of hydrogen-bond donors (Lipinski definition) is 1.